The van der Waals surface area contributed by atoms with Gasteiger partial charge in [0.25, 0.3) is 0 Å². The van der Waals surface area contributed by atoms with Crippen LogP contribution < -0.4 is 0 Å². The van der Waals surface area contributed by atoms with Crippen LogP contribution in [0.15, 0.2) is 23.0 Å². The second kappa shape index (κ2) is 3.67. The molecule has 0 spiro atoms. The lowest BCUT2D eigenvalue weighted by atomic mass is 9.83. The number of aliphatic hydroxyl groups excluding tert-OH is 1. The second-order valence-electron chi connectivity index (χ2n) is 5.24. The van der Waals surface area contributed by atoms with Crippen LogP contribution in [0.4, 0.5) is 0 Å². The van der Waals surface area contributed by atoms with E-state index in [0.29, 0.717) is 5.92 Å². The Balaban J connectivity index is 1.63. The summed E-state index contributed by atoms with van der Waals surface area (Å²) in [6.45, 7) is 0. The number of fused-ring (bicyclic) bond motifs is 2. The monoisotopic (exact) mass is 206 g/mol. The van der Waals surface area contributed by atoms with Crippen LogP contribution in [-0.4, -0.2) is 11.2 Å². The van der Waals surface area contributed by atoms with E-state index in [1.807, 2.05) is 6.07 Å². The van der Waals surface area contributed by atoms with Crippen molar-refractivity contribution in [2.75, 3.05) is 0 Å². The first-order chi connectivity index (χ1) is 7.33. The fourth-order valence-electron chi connectivity index (χ4n) is 3.57. The fourth-order valence-corrected chi connectivity index (χ4v) is 3.57. The normalized spacial score (nSPS) is 35.9. The van der Waals surface area contributed by atoms with Crippen molar-refractivity contribution in [2.24, 2.45) is 17.8 Å². The van der Waals surface area contributed by atoms with Gasteiger partial charge in [-0.1, -0.05) is 6.42 Å². The maximum absolute atomic E-state index is 10.2. The Hall–Kier alpha value is -0.760. The molecule has 2 bridgehead atoms. The van der Waals surface area contributed by atoms with E-state index in [1.54, 1.807) is 12.5 Å². The van der Waals surface area contributed by atoms with Crippen molar-refractivity contribution in [3.05, 3.63) is 24.2 Å². The molecule has 82 valence electrons. The SMILES string of the molecule is OC(Cc1ccoc1)C1CC2CCC1C2. The molecular formula is C13H18O2. The minimum absolute atomic E-state index is 0.155. The topological polar surface area (TPSA) is 33.4 Å². The van der Waals surface area contributed by atoms with Gasteiger partial charge in [-0.2, -0.15) is 0 Å². The van der Waals surface area contributed by atoms with Crippen LogP contribution in [0.25, 0.3) is 0 Å². The zero-order valence-corrected chi connectivity index (χ0v) is 8.93. The molecule has 3 rings (SSSR count). The molecule has 2 aliphatic rings. The number of rotatable bonds is 3. The average Bonchev–Trinajstić information content (AvgIpc) is 2.93. The van der Waals surface area contributed by atoms with Crippen LogP contribution in [0.1, 0.15) is 31.2 Å². The van der Waals surface area contributed by atoms with E-state index in [9.17, 15) is 5.11 Å². The second-order valence-corrected chi connectivity index (χ2v) is 5.24. The summed E-state index contributed by atoms with van der Waals surface area (Å²) in [4.78, 5) is 0. The van der Waals surface area contributed by atoms with Gasteiger partial charge in [0.2, 0.25) is 0 Å². The Morgan fingerprint density at radius 1 is 1.40 bits per heavy atom. The van der Waals surface area contributed by atoms with Crippen LogP contribution in [0, 0.1) is 17.8 Å². The number of hydrogen-bond acceptors (Lipinski definition) is 2. The van der Waals surface area contributed by atoms with Crippen molar-refractivity contribution >= 4 is 0 Å². The summed E-state index contributed by atoms with van der Waals surface area (Å²) in [5, 5.41) is 10.2. The van der Waals surface area contributed by atoms with Crippen LogP contribution in [0.2, 0.25) is 0 Å². The number of furan rings is 1. The minimum atomic E-state index is -0.155. The smallest absolute Gasteiger partial charge is 0.0935 e. The highest BCUT2D eigenvalue weighted by Gasteiger charge is 2.42. The van der Waals surface area contributed by atoms with Gasteiger partial charge >= 0.3 is 0 Å². The highest BCUT2D eigenvalue weighted by atomic mass is 16.3. The van der Waals surface area contributed by atoms with E-state index in [1.165, 1.54) is 25.7 Å². The molecule has 0 saturated heterocycles. The molecule has 1 heterocycles. The summed E-state index contributed by atoms with van der Waals surface area (Å²) in [6, 6.07) is 1.95. The Morgan fingerprint density at radius 3 is 2.93 bits per heavy atom. The van der Waals surface area contributed by atoms with E-state index < -0.39 is 0 Å². The van der Waals surface area contributed by atoms with Gasteiger partial charge in [-0.15, -0.1) is 0 Å². The van der Waals surface area contributed by atoms with Gasteiger partial charge in [0, 0.05) is 6.42 Å². The van der Waals surface area contributed by atoms with Crippen LogP contribution in [0.5, 0.6) is 0 Å². The number of hydrogen-bond donors (Lipinski definition) is 1. The maximum atomic E-state index is 10.2. The molecule has 2 nitrogen and oxygen atoms in total. The highest BCUT2D eigenvalue weighted by molar-refractivity contribution is 5.08. The molecule has 0 aliphatic heterocycles. The quantitative estimate of drug-likeness (QED) is 0.824. The van der Waals surface area contributed by atoms with Crippen molar-refractivity contribution < 1.29 is 9.52 Å². The summed E-state index contributed by atoms with van der Waals surface area (Å²) in [5.41, 5.74) is 1.13. The largest absolute Gasteiger partial charge is 0.472 e. The summed E-state index contributed by atoms with van der Waals surface area (Å²) >= 11 is 0. The first-order valence-electron chi connectivity index (χ1n) is 6.02. The lowest BCUT2D eigenvalue weighted by Gasteiger charge is -2.26. The molecule has 1 aromatic rings. The Bertz CT molecular complexity index is 317. The average molecular weight is 206 g/mol. The van der Waals surface area contributed by atoms with Gasteiger partial charge in [0.05, 0.1) is 18.6 Å². The standard InChI is InChI=1S/C13H18O2/c14-13(7-10-3-4-15-8-10)12-6-9-1-2-11(12)5-9/h3-4,8-9,11-14H,1-2,5-7H2. The third-order valence-corrected chi connectivity index (χ3v) is 4.31. The van der Waals surface area contributed by atoms with Crippen LogP contribution in [0.3, 0.4) is 0 Å². The zero-order chi connectivity index (χ0) is 10.3. The van der Waals surface area contributed by atoms with Crippen molar-refractivity contribution in [1.82, 2.24) is 0 Å². The lowest BCUT2D eigenvalue weighted by molar-refractivity contribution is 0.0749. The van der Waals surface area contributed by atoms with Gasteiger partial charge in [0.1, 0.15) is 0 Å². The van der Waals surface area contributed by atoms with Gasteiger partial charge in [-0.05, 0) is 48.6 Å². The Morgan fingerprint density at radius 2 is 2.33 bits per heavy atom. The Kier molecular flexibility index (Phi) is 2.32. The summed E-state index contributed by atoms with van der Waals surface area (Å²) in [7, 11) is 0. The molecular weight excluding hydrogens is 188 g/mol. The molecule has 0 radical (unpaired) electrons. The van der Waals surface area contributed by atoms with Gasteiger partial charge < -0.3 is 9.52 Å². The molecule has 15 heavy (non-hydrogen) atoms. The molecule has 2 heteroatoms. The van der Waals surface area contributed by atoms with Crippen molar-refractivity contribution in [1.29, 1.82) is 0 Å². The van der Waals surface area contributed by atoms with Crippen LogP contribution in [-0.2, 0) is 6.42 Å². The van der Waals surface area contributed by atoms with E-state index in [-0.39, 0.29) is 6.10 Å². The van der Waals surface area contributed by atoms with E-state index in [2.05, 4.69) is 0 Å². The first kappa shape index (κ1) is 9.46. The molecule has 2 fully saturated rings. The van der Waals surface area contributed by atoms with E-state index >= 15 is 0 Å². The zero-order valence-electron chi connectivity index (χ0n) is 8.93. The van der Waals surface area contributed by atoms with Crippen LogP contribution >= 0.6 is 0 Å². The highest BCUT2D eigenvalue weighted by Crippen LogP contribution is 2.49. The molecule has 2 saturated carbocycles. The van der Waals surface area contributed by atoms with E-state index in [4.69, 9.17) is 4.42 Å². The maximum Gasteiger partial charge on any atom is 0.0935 e. The molecule has 1 N–H and O–H groups in total. The van der Waals surface area contributed by atoms with Crippen molar-refractivity contribution in [2.45, 2.75) is 38.2 Å². The lowest BCUT2D eigenvalue weighted by Crippen LogP contribution is -2.27. The third kappa shape index (κ3) is 1.71. The predicted octanol–water partition coefficient (Wildman–Crippen LogP) is 2.62. The van der Waals surface area contributed by atoms with Gasteiger partial charge in [-0.3, -0.25) is 0 Å². The first-order valence-corrected chi connectivity index (χ1v) is 6.02. The van der Waals surface area contributed by atoms with E-state index in [0.717, 1.165) is 23.8 Å². The molecule has 1 aromatic heterocycles. The molecule has 0 aromatic carbocycles. The molecule has 0 amide bonds. The van der Waals surface area contributed by atoms with Crippen molar-refractivity contribution in [3.8, 4) is 0 Å². The molecule has 4 unspecified atom stereocenters. The summed E-state index contributed by atoms with van der Waals surface area (Å²) < 4.78 is 5.03. The Labute approximate surface area is 90.3 Å². The van der Waals surface area contributed by atoms with Gasteiger partial charge in [0.15, 0.2) is 0 Å². The van der Waals surface area contributed by atoms with Crippen molar-refractivity contribution in [3.63, 3.8) is 0 Å². The predicted molar refractivity (Wildman–Crippen MR) is 57.4 cm³/mol. The molecule has 4 atom stereocenters. The third-order valence-electron chi connectivity index (χ3n) is 4.31. The fraction of sp³-hybridized carbons (Fsp3) is 0.692. The molecule has 2 aliphatic carbocycles. The number of aliphatic hydroxyl groups is 1. The minimum Gasteiger partial charge on any atom is -0.472 e. The van der Waals surface area contributed by atoms with Gasteiger partial charge in [-0.25, -0.2) is 0 Å². The summed E-state index contributed by atoms with van der Waals surface area (Å²) in [5.74, 6) is 2.27. The summed E-state index contributed by atoms with van der Waals surface area (Å²) in [6.07, 6.45) is 9.41.